The van der Waals surface area contributed by atoms with Crippen LogP contribution in [0, 0.1) is 0 Å². The molecule has 102 valence electrons. The molecule has 1 atom stereocenters. The number of amides is 3. The smallest absolute Gasteiger partial charge is 0.326 e. The molecule has 18 heavy (non-hydrogen) atoms. The monoisotopic (exact) mass is 256 g/mol. The largest absolute Gasteiger partial charge is 0.464 e. The van der Waals surface area contributed by atoms with E-state index in [0.29, 0.717) is 13.0 Å². The van der Waals surface area contributed by atoms with Gasteiger partial charge in [0.05, 0.1) is 6.61 Å². The fourth-order valence-corrected chi connectivity index (χ4v) is 1.64. The van der Waals surface area contributed by atoms with Gasteiger partial charge in [-0.25, -0.2) is 4.79 Å². The summed E-state index contributed by atoms with van der Waals surface area (Å²) in [7, 11) is 0. The summed E-state index contributed by atoms with van der Waals surface area (Å²) in [6.07, 6.45) is 2.18. The second kappa shape index (κ2) is 5.84. The van der Waals surface area contributed by atoms with Gasteiger partial charge in [0.25, 0.3) is 5.91 Å². The minimum Gasteiger partial charge on any atom is -0.464 e. The number of nitrogens with zero attached hydrogens (tertiary/aromatic N) is 1. The van der Waals surface area contributed by atoms with Gasteiger partial charge in [-0.2, -0.15) is 0 Å². The van der Waals surface area contributed by atoms with Gasteiger partial charge in [0.2, 0.25) is 0 Å². The average molecular weight is 256 g/mol. The number of hydrogen-bond donors (Lipinski definition) is 1. The number of imide groups is 1. The van der Waals surface area contributed by atoms with Crippen LogP contribution in [0.2, 0.25) is 0 Å². The molecule has 1 aliphatic heterocycles. The van der Waals surface area contributed by atoms with Crippen LogP contribution in [0.1, 0.15) is 40.0 Å². The normalized spacial score (nSPS) is 23.2. The van der Waals surface area contributed by atoms with E-state index in [1.54, 1.807) is 13.8 Å². The van der Waals surface area contributed by atoms with Crippen LogP contribution in [0.15, 0.2) is 0 Å². The van der Waals surface area contributed by atoms with Gasteiger partial charge in [-0.3, -0.25) is 14.5 Å². The lowest BCUT2D eigenvalue weighted by Crippen LogP contribution is -2.43. The van der Waals surface area contributed by atoms with Gasteiger partial charge in [0, 0.05) is 0 Å². The number of hydrogen-bond acceptors (Lipinski definition) is 4. The molecule has 0 aromatic rings. The van der Waals surface area contributed by atoms with E-state index in [0.717, 1.165) is 17.7 Å². The fourth-order valence-electron chi connectivity index (χ4n) is 1.64. The van der Waals surface area contributed by atoms with Crippen LogP contribution >= 0.6 is 0 Å². The molecule has 1 N–H and O–H groups in total. The van der Waals surface area contributed by atoms with Crippen molar-refractivity contribution in [2.24, 2.45) is 0 Å². The fraction of sp³-hybridized carbons (Fsp3) is 0.750. The highest BCUT2D eigenvalue weighted by molar-refractivity contribution is 6.08. The van der Waals surface area contributed by atoms with Crippen LogP contribution in [-0.2, 0) is 14.3 Å². The number of ether oxygens (including phenoxy) is 1. The molecule has 0 aromatic heterocycles. The molecule has 1 aliphatic rings. The first kappa shape index (κ1) is 14.5. The number of rotatable bonds is 6. The quantitative estimate of drug-likeness (QED) is 0.438. The Labute approximate surface area is 107 Å². The first-order valence-electron chi connectivity index (χ1n) is 6.24. The standard InChI is InChI=1S/C12H20N2O4/c1-4-6-7-18-9(15)8-14-10(16)12(3,5-2)13-11(14)17/h4-8H2,1-3H3,(H,13,17). The van der Waals surface area contributed by atoms with Crippen molar-refractivity contribution in [3.05, 3.63) is 0 Å². The minimum atomic E-state index is -0.902. The van der Waals surface area contributed by atoms with Gasteiger partial charge in [-0.05, 0) is 19.8 Å². The number of esters is 1. The summed E-state index contributed by atoms with van der Waals surface area (Å²) in [5.41, 5.74) is -0.902. The highest BCUT2D eigenvalue weighted by Gasteiger charge is 2.47. The Morgan fingerprint density at radius 1 is 1.39 bits per heavy atom. The number of carbonyl (C=O) groups excluding carboxylic acids is 3. The van der Waals surface area contributed by atoms with Crippen molar-refractivity contribution in [2.45, 2.75) is 45.6 Å². The average Bonchev–Trinajstić information content (AvgIpc) is 2.54. The van der Waals surface area contributed by atoms with Crippen LogP contribution < -0.4 is 5.32 Å². The van der Waals surface area contributed by atoms with Crippen molar-refractivity contribution in [1.82, 2.24) is 10.2 Å². The summed E-state index contributed by atoms with van der Waals surface area (Å²) in [6.45, 7) is 5.45. The SMILES string of the molecule is CCCCOC(=O)CN1C(=O)NC(C)(CC)C1=O. The lowest BCUT2D eigenvalue weighted by Gasteiger charge is -2.18. The molecule has 0 bridgehead atoms. The van der Waals surface area contributed by atoms with Gasteiger partial charge in [-0.1, -0.05) is 20.3 Å². The third-order valence-electron chi connectivity index (χ3n) is 3.10. The number of urea groups is 1. The first-order chi connectivity index (χ1) is 8.44. The Morgan fingerprint density at radius 3 is 2.56 bits per heavy atom. The molecular weight excluding hydrogens is 236 g/mol. The van der Waals surface area contributed by atoms with Crippen LogP contribution in [0.3, 0.4) is 0 Å². The van der Waals surface area contributed by atoms with Crippen LogP contribution in [0.25, 0.3) is 0 Å². The zero-order valence-electron chi connectivity index (χ0n) is 11.1. The maximum Gasteiger partial charge on any atom is 0.326 e. The van der Waals surface area contributed by atoms with Gasteiger partial charge in [0.1, 0.15) is 12.1 Å². The molecule has 0 aromatic carbocycles. The van der Waals surface area contributed by atoms with E-state index in [4.69, 9.17) is 4.74 Å². The number of unbranched alkanes of at least 4 members (excludes halogenated alkanes) is 1. The number of carbonyl (C=O) groups is 3. The molecule has 0 saturated carbocycles. The molecule has 6 nitrogen and oxygen atoms in total. The molecule has 1 saturated heterocycles. The van der Waals surface area contributed by atoms with Gasteiger partial charge < -0.3 is 10.1 Å². The van der Waals surface area contributed by atoms with Crippen LogP contribution in [0.5, 0.6) is 0 Å². The van der Waals surface area contributed by atoms with Gasteiger partial charge in [0.15, 0.2) is 0 Å². The Morgan fingerprint density at radius 2 is 2.06 bits per heavy atom. The molecule has 1 unspecified atom stereocenters. The molecule has 1 heterocycles. The van der Waals surface area contributed by atoms with E-state index in [2.05, 4.69) is 5.32 Å². The van der Waals surface area contributed by atoms with Crippen LogP contribution in [-0.4, -0.2) is 41.5 Å². The van der Waals surface area contributed by atoms with E-state index in [1.165, 1.54) is 0 Å². The van der Waals surface area contributed by atoms with Crippen molar-refractivity contribution in [1.29, 1.82) is 0 Å². The zero-order valence-corrected chi connectivity index (χ0v) is 11.1. The lowest BCUT2D eigenvalue weighted by atomic mass is 9.99. The Balaban J connectivity index is 2.55. The lowest BCUT2D eigenvalue weighted by molar-refractivity contribution is -0.147. The van der Waals surface area contributed by atoms with E-state index in [-0.39, 0.29) is 12.5 Å². The highest BCUT2D eigenvalue weighted by atomic mass is 16.5. The van der Waals surface area contributed by atoms with E-state index in [9.17, 15) is 14.4 Å². The third-order valence-corrected chi connectivity index (χ3v) is 3.10. The summed E-state index contributed by atoms with van der Waals surface area (Å²) in [5, 5.41) is 2.58. The molecular formula is C12H20N2O4. The van der Waals surface area contributed by atoms with Crippen molar-refractivity contribution in [3.8, 4) is 0 Å². The topological polar surface area (TPSA) is 75.7 Å². The number of nitrogens with one attached hydrogen (secondary N) is 1. The van der Waals surface area contributed by atoms with Gasteiger partial charge in [-0.15, -0.1) is 0 Å². The summed E-state index contributed by atoms with van der Waals surface area (Å²) < 4.78 is 4.93. The predicted octanol–water partition coefficient (Wildman–Crippen LogP) is 1.05. The Kier molecular flexibility index (Phi) is 4.69. The Bertz CT molecular complexity index is 356. The summed E-state index contributed by atoms with van der Waals surface area (Å²) >= 11 is 0. The van der Waals surface area contributed by atoms with Crippen LogP contribution in [0.4, 0.5) is 4.79 Å². The molecule has 1 fully saturated rings. The van der Waals surface area contributed by atoms with Gasteiger partial charge >= 0.3 is 12.0 Å². The first-order valence-corrected chi connectivity index (χ1v) is 6.24. The second-order valence-corrected chi connectivity index (χ2v) is 4.58. The van der Waals surface area contributed by atoms with E-state index in [1.807, 2.05) is 6.92 Å². The second-order valence-electron chi connectivity index (χ2n) is 4.58. The summed E-state index contributed by atoms with van der Waals surface area (Å²) in [5.74, 6) is -0.922. The maximum absolute atomic E-state index is 12.0. The van der Waals surface area contributed by atoms with E-state index < -0.39 is 17.5 Å². The molecule has 0 radical (unpaired) electrons. The molecule has 0 aliphatic carbocycles. The Hall–Kier alpha value is -1.59. The van der Waals surface area contributed by atoms with E-state index >= 15 is 0 Å². The summed E-state index contributed by atoms with van der Waals surface area (Å²) in [4.78, 5) is 36.0. The molecule has 6 heteroatoms. The van der Waals surface area contributed by atoms with Crippen molar-refractivity contribution in [3.63, 3.8) is 0 Å². The predicted molar refractivity (Wildman–Crippen MR) is 64.8 cm³/mol. The highest BCUT2D eigenvalue weighted by Crippen LogP contribution is 2.20. The molecule has 3 amide bonds. The maximum atomic E-state index is 12.0. The summed E-state index contributed by atoms with van der Waals surface area (Å²) in [6, 6.07) is -0.531. The molecule has 0 spiro atoms. The minimum absolute atomic E-state index is 0.316. The van der Waals surface area contributed by atoms with Crippen molar-refractivity contribution in [2.75, 3.05) is 13.2 Å². The zero-order chi connectivity index (χ0) is 13.8. The third kappa shape index (κ3) is 3.00. The van der Waals surface area contributed by atoms with Crippen molar-refractivity contribution < 1.29 is 19.1 Å². The van der Waals surface area contributed by atoms with Crippen molar-refractivity contribution >= 4 is 17.9 Å². The molecule has 1 rings (SSSR count).